The molecular formula is C18H23N3O. The number of nitrogens with two attached hydrogens (primary N) is 1. The van der Waals surface area contributed by atoms with E-state index in [4.69, 9.17) is 5.73 Å². The van der Waals surface area contributed by atoms with Crippen molar-refractivity contribution in [3.8, 4) is 0 Å². The minimum Gasteiger partial charge on any atom is -0.375 e. The Labute approximate surface area is 131 Å². The van der Waals surface area contributed by atoms with Gasteiger partial charge in [0.05, 0.1) is 0 Å². The highest BCUT2D eigenvalue weighted by Crippen LogP contribution is 2.12. The van der Waals surface area contributed by atoms with Crippen LogP contribution in [0.3, 0.4) is 0 Å². The van der Waals surface area contributed by atoms with Crippen LogP contribution in [0.5, 0.6) is 0 Å². The van der Waals surface area contributed by atoms with Crippen LogP contribution in [0, 0.1) is 0 Å². The molecule has 0 radical (unpaired) electrons. The van der Waals surface area contributed by atoms with Crippen LogP contribution in [-0.2, 0) is 11.3 Å². The van der Waals surface area contributed by atoms with E-state index in [1.807, 2.05) is 49.5 Å². The molecule has 0 aromatic heterocycles. The lowest BCUT2D eigenvalue weighted by atomic mass is 10.2. The molecule has 0 aliphatic rings. The highest BCUT2D eigenvalue weighted by atomic mass is 16.1. The third kappa shape index (κ3) is 4.90. The molecule has 0 aliphatic heterocycles. The Kier molecular flexibility index (Phi) is 5.98. The number of benzene rings is 2. The molecule has 2 aromatic rings. The first-order valence-electron chi connectivity index (χ1n) is 7.54. The Morgan fingerprint density at radius 3 is 2.41 bits per heavy atom. The van der Waals surface area contributed by atoms with Crippen LogP contribution in [0.15, 0.2) is 54.6 Å². The molecule has 0 fully saturated rings. The number of hydrogen-bond acceptors (Lipinski definition) is 3. The standard InChI is InChI=1S/C18H23N3O/c1-21(17-6-3-2-4-7-17)13-5-8-18(22)20-16-11-9-15(14-19)10-12-16/h2-4,6-7,9-12H,5,8,13-14,19H2,1H3,(H,20,22). The van der Waals surface area contributed by atoms with E-state index in [-0.39, 0.29) is 5.91 Å². The molecule has 0 saturated carbocycles. The van der Waals surface area contributed by atoms with Crippen LogP contribution in [0.4, 0.5) is 11.4 Å². The fraction of sp³-hybridized carbons (Fsp3) is 0.278. The van der Waals surface area contributed by atoms with Gasteiger partial charge in [0.15, 0.2) is 0 Å². The molecule has 0 atom stereocenters. The van der Waals surface area contributed by atoms with Crippen molar-refractivity contribution in [2.24, 2.45) is 5.73 Å². The van der Waals surface area contributed by atoms with Crippen LogP contribution in [0.2, 0.25) is 0 Å². The Morgan fingerprint density at radius 2 is 1.77 bits per heavy atom. The largest absolute Gasteiger partial charge is 0.375 e. The van der Waals surface area contributed by atoms with Gasteiger partial charge in [0, 0.05) is 37.9 Å². The summed E-state index contributed by atoms with van der Waals surface area (Å²) < 4.78 is 0. The van der Waals surface area contributed by atoms with E-state index in [1.165, 1.54) is 5.69 Å². The number of carbonyl (C=O) groups excluding carboxylic acids is 1. The predicted molar refractivity (Wildman–Crippen MR) is 91.9 cm³/mol. The van der Waals surface area contributed by atoms with Crippen molar-refractivity contribution in [2.75, 3.05) is 23.8 Å². The summed E-state index contributed by atoms with van der Waals surface area (Å²) in [6, 6.07) is 17.8. The predicted octanol–water partition coefficient (Wildman–Crippen LogP) is 3.00. The first-order valence-corrected chi connectivity index (χ1v) is 7.54. The SMILES string of the molecule is CN(CCCC(=O)Nc1ccc(CN)cc1)c1ccccc1. The maximum Gasteiger partial charge on any atom is 0.224 e. The zero-order valence-corrected chi connectivity index (χ0v) is 13.0. The zero-order chi connectivity index (χ0) is 15.8. The molecule has 4 nitrogen and oxygen atoms in total. The number of nitrogens with one attached hydrogen (secondary N) is 1. The molecule has 3 N–H and O–H groups in total. The monoisotopic (exact) mass is 297 g/mol. The second-order valence-electron chi connectivity index (χ2n) is 5.31. The fourth-order valence-electron chi connectivity index (χ4n) is 2.24. The number of hydrogen-bond donors (Lipinski definition) is 2. The van der Waals surface area contributed by atoms with Gasteiger partial charge >= 0.3 is 0 Å². The van der Waals surface area contributed by atoms with E-state index in [0.29, 0.717) is 13.0 Å². The molecule has 0 heterocycles. The molecule has 0 saturated heterocycles. The summed E-state index contributed by atoms with van der Waals surface area (Å²) in [6.45, 7) is 1.36. The summed E-state index contributed by atoms with van der Waals surface area (Å²) >= 11 is 0. The summed E-state index contributed by atoms with van der Waals surface area (Å²) in [5, 5.41) is 2.91. The smallest absolute Gasteiger partial charge is 0.224 e. The lowest BCUT2D eigenvalue weighted by Gasteiger charge is -2.18. The number of anilines is 2. The van der Waals surface area contributed by atoms with Crippen LogP contribution in [0.25, 0.3) is 0 Å². The maximum atomic E-state index is 11.9. The fourth-order valence-corrected chi connectivity index (χ4v) is 2.24. The van der Waals surface area contributed by atoms with Gasteiger partial charge < -0.3 is 16.0 Å². The van der Waals surface area contributed by atoms with E-state index < -0.39 is 0 Å². The highest BCUT2D eigenvalue weighted by molar-refractivity contribution is 5.90. The third-order valence-corrected chi connectivity index (χ3v) is 3.57. The molecule has 116 valence electrons. The Hall–Kier alpha value is -2.33. The van der Waals surface area contributed by atoms with Gasteiger partial charge in [-0.1, -0.05) is 30.3 Å². The van der Waals surface area contributed by atoms with E-state index in [2.05, 4.69) is 22.3 Å². The van der Waals surface area contributed by atoms with Crippen molar-refractivity contribution >= 4 is 17.3 Å². The normalized spacial score (nSPS) is 10.3. The van der Waals surface area contributed by atoms with Gasteiger partial charge in [-0.15, -0.1) is 0 Å². The molecular weight excluding hydrogens is 274 g/mol. The van der Waals surface area contributed by atoms with Crippen molar-refractivity contribution in [3.63, 3.8) is 0 Å². The van der Waals surface area contributed by atoms with Gasteiger partial charge in [-0.2, -0.15) is 0 Å². The number of para-hydroxylation sites is 1. The molecule has 0 aliphatic carbocycles. The van der Waals surface area contributed by atoms with Crippen molar-refractivity contribution in [2.45, 2.75) is 19.4 Å². The minimum absolute atomic E-state index is 0.0435. The average molecular weight is 297 g/mol. The van der Waals surface area contributed by atoms with Crippen LogP contribution in [-0.4, -0.2) is 19.5 Å². The topological polar surface area (TPSA) is 58.4 Å². The molecule has 2 aromatic carbocycles. The van der Waals surface area contributed by atoms with E-state index in [0.717, 1.165) is 24.2 Å². The maximum absolute atomic E-state index is 11.9. The first-order chi connectivity index (χ1) is 10.7. The summed E-state index contributed by atoms with van der Waals surface area (Å²) in [4.78, 5) is 14.1. The number of nitrogens with zero attached hydrogens (tertiary/aromatic N) is 1. The summed E-state index contributed by atoms with van der Waals surface area (Å²) in [5.74, 6) is 0.0435. The van der Waals surface area contributed by atoms with Gasteiger partial charge in [-0.05, 0) is 36.2 Å². The Balaban J connectivity index is 1.73. The number of rotatable bonds is 7. The summed E-state index contributed by atoms with van der Waals surface area (Å²) in [6.07, 6.45) is 1.33. The Bertz CT molecular complexity index is 581. The lowest BCUT2D eigenvalue weighted by Crippen LogP contribution is -2.20. The van der Waals surface area contributed by atoms with Crippen molar-refractivity contribution in [1.29, 1.82) is 0 Å². The number of carbonyl (C=O) groups is 1. The van der Waals surface area contributed by atoms with Crippen molar-refractivity contribution in [3.05, 3.63) is 60.2 Å². The summed E-state index contributed by atoms with van der Waals surface area (Å²) in [7, 11) is 2.04. The average Bonchev–Trinajstić information content (AvgIpc) is 2.56. The highest BCUT2D eigenvalue weighted by Gasteiger charge is 2.04. The van der Waals surface area contributed by atoms with Gasteiger partial charge in [0.1, 0.15) is 0 Å². The summed E-state index contributed by atoms with van der Waals surface area (Å²) in [5.41, 5.74) is 8.59. The second kappa shape index (κ2) is 8.20. The van der Waals surface area contributed by atoms with Crippen LogP contribution < -0.4 is 16.0 Å². The second-order valence-corrected chi connectivity index (χ2v) is 5.31. The van der Waals surface area contributed by atoms with Gasteiger partial charge in [0.25, 0.3) is 0 Å². The van der Waals surface area contributed by atoms with Gasteiger partial charge in [-0.25, -0.2) is 0 Å². The van der Waals surface area contributed by atoms with E-state index >= 15 is 0 Å². The molecule has 22 heavy (non-hydrogen) atoms. The van der Waals surface area contributed by atoms with Gasteiger partial charge in [-0.3, -0.25) is 4.79 Å². The minimum atomic E-state index is 0.0435. The van der Waals surface area contributed by atoms with E-state index in [9.17, 15) is 4.79 Å². The molecule has 1 amide bonds. The molecule has 0 bridgehead atoms. The van der Waals surface area contributed by atoms with Gasteiger partial charge in [0.2, 0.25) is 5.91 Å². The number of amides is 1. The van der Waals surface area contributed by atoms with Crippen LogP contribution >= 0.6 is 0 Å². The molecule has 4 heteroatoms. The van der Waals surface area contributed by atoms with Crippen molar-refractivity contribution in [1.82, 2.24) is 0 Å². The Morgan fingerprint density at radius 1 is 1.09 bits per heavy atom. The van der Waals surface area contributed by atoms with Crippen molar-refractivity contribution < 1.29 is 4.79 Å². The lowest BCUT2D eigenvalue weighted by molar-refractivity contribution is -0.116. The third-order valence-electron chi connectivity index (χ3n) is 3.57. The van der Waals surface area contributed by atoms with Crippen LogP contribution in [0.1, 0.15) is 18.4 Å². The molecule has 0 unspecified atom stereocenters. The van der Waals surface area contributed by atoms with E-state index in [1.54, 1.807) is 0 Å². The molecule has 2 rings (SSSR count). The quantitative estimate of drug-likeness (QED) is 0.826. The molecule has 0 spiro atoms. The first kappa shape index (κ1) is 16.0. The zero-order valence-electron chi connectivity index (χ0n) is 13.0.